The summed E-state index contributed by atoms with van der Waals surface area (Å²) in [5.74, 6) is 0.693. The summed E-state index contributed by atoms with van der Waals surface area (Å²) in [7, 11) is 0. The van der Waals surface area contributed by atoms with Gasteiger partial charge in [0.25, 0.3) is 11.5 Å². The molecule has 0 spiro atoms. The molecule has 0 saturated carbocycles. The summed E-state index contributed by atoms with van der Waals surface area (Å²) in [6, 6.07) is 6.27. The van der Waals surface area contributed by atoms with Crippen LogP contribution in [0.5, 0.6) is 0 Å². The minimum Gasteiger partial charge on any atom is -0.355 e. The summed E-state index contributed by atoms with van der Waals surface area (Å²) in [5.41, 5.74) is 2.75. The van der Waals surface area contributed by atoms with Gasteiger partial charge in [0.15, 0.2) is 0 Å². The number of carbonyl (C=O) groups is 2. The van der Waals surface area contributed by atoms with Gasteiger partial charge in [-0.25, -0.2) is 4.98 Å². The Bertz CT molecular complexity index is 1170. The van der Waals surface area contributed by atoms with E-state index in [1.807, 2.05) is 6.92 Å². The predicted octanol–water partition coefficient (Wildman–Crippen LogP) is 3.07. The van der Waals surface area contributed by atoms with Gasteiger partial charge in [0.1, 0.15) is 10.7 Å². The summed E-state index contributed by atoms with van der Waals surface area (Å²) in [4.78, 5) is 45.7. The number of hydrogen-bond acceptors (Lipinski definition) is 6. The van der Waals surface area contributed by atoms with Crippen LogP contribution in [0, 0.1) is 20.8 Å². The standard InChI is InChI=1S/C21H24N4O3S2/c1-11-5-6-12(2)15(9-11)29-10-16-24-19(27)17-13(3)18(30-21(17)25-16)20(28)23-8-7-22-14(4)26/h5-6,9H,7-8,10H2,1-4H3,(H,22,26)(H,23,28)(H,24,25,27). The van der Waals surface area contributed by atoms with E-state index >= 15 is 0 Å². The van der Waals surface area contributed by atoms with E-state index in [4.69, 9.17) is 0 Å². The van der Waals surface area contributed by atoms with Crippen molar-refractivity contribution < 1.29 is 9.59 Å². The zero-order valence-electron chi connectivity index (χ0n) is 17.3. The van der Waals surface area contributed by atoms with E-state index in [1.54, 1.807) is 18.7 Å². The quantitative estimate of drug-likeness (QED) is 0.384. The molecule has 2 heterocycles. The Labute approximate surface area is 182 Å². The molecular weight excluding hydrogens is 420 g/mol. The van der Waals surface area contributed by atoms with Crippen LogP contribution >= 0.6 is 23.1 Å². The maximum Gasteiger partial charge on any atom is 0.261 e. The molecule has 2 amide bonds. The highest BCUT2D eigenvalue weighted by Crippen LogP contribution is 2.29. The number of aromatic amines is 1. The molecule has 3 N–H and O–H groups in total. The Morgan fingerprint density at radius 3 is 2.63 bits per heavy atom. The van der Waals surface area contributed by atoms with Gasteiger partial charge in [-0.15, -0.1) is 23.1 Å². The second-order valence-corrected chi connectivity index (χ2v) is 9.06. The summed E-state index contributed by atoms with van der Waals surface area (Å²) < 4.78 is 0. The molecule has 1 aromatic carbocycles. The van der Waals surface area contributed by atoms with Crippen molar-refractivity contribution in [2.75, 3.05) is 13.1 Å². The van der Waals surface area contributed by atoms with Crippen LogP contribution in [0.2, 0.25) is 0 Å². The molecule has 0 fully saturated rings. The van der Waals surface area contributed by atoms with Crippen molar-refractivity contribution in [2.45, 2.75) is 38.3 Å². The Balaban J connectivity index is 1.78. The minimum atomic E-state index is -0.272. The average molecular weight is 445 g/mol. The van der Waals surface area contributed by atoms with Gasteiger partial charge in [-0.1, -0.05) is 17.7 Å². The van der Waals surface area contributed by atoms with Gasteiger partial charge in [0, 0.05) is 24.9 Å². The fourth-order valence-corrected chi connectivity index (χ4v) is 5.09. The number of benzene rings is 1. The van der Waals surface area contributed by atoms with Crippen LogP contribution in [0.15, 0.2) is 27.9 Å². The van der Waals surface area contributed by atoms with Crippen molar-refractivity contribution in [2.24, 2.45) is 0 Å². The molecule has 0 unspecified atom stereocenters. The highest BCUT2D eigenvalue weighted by Gasteiger charge is 2.19. The lowest BCUT2D eigenvalue weighted by atomic mass is 10.2. The number of rotatable bonds is 7. The van der Waals surface area contributed by atoms with Crippen molar-refractivity contribution >= 4 is 45.1 Å². The maximum absolute atomic E-state index is 12.6. The number of fused-ring (bicyclic) bond motifs is 1. The molecule has 30 heavy (non-hydrogen) atoms. The minimum absolute atomic E-state index is 0.149. The molecule has 2 aromatic heterocycles. The first kappa shape index (κ1) is 22.0. The molecule has 158 valence electrons. The Morgan fingerprint density at radius 2 is 1.90 bits per heavy atom. The lowest BCUT2D eigenvalue weighted by molar-refractivity contribution is -0.118. The van der Waals surface area contributed by atoms with E-state index in [2.05, 4.69) is 45.7 Å². The SMILES string of the molecule is CC(=O)NCCNC(=O)c1sc2nc(CSc3cc(C)ccc3C)[nH]c(=O)c2c1C. The molecule has 9 heteroatoms. The van der Waals surface area contributed by atoms with Crippen LogP contribution in [0.3, 0.4) is 0 Å². The smallest absolute Gasteiger partial charge is 0.261 e. The monoisotopic (exact) mass is 444 g/mol. The van der Waals surface area contributed by atoms with Crippen LogP contribution in [-0.2, 0) is 10.5 Å². The van der Waals surface area contributed by atoms with E-state index < -0.39 is 0 Å². The van der Waals surface area contributed by atoms with Gasteiger partial charge in [-0.2, -0.15) is 0 Å². The lowest BCUT2D eigenvalue weighted by Crippen LogP contribution is -2.33. The number of H-pyrrole nitrogens is 1. The Hall–Kier alpha value is -2.65. The van der Waals surface area contributed by atoms with Crippen molar-refractivity contribution in [3.63, 3.8) is 0 Å². The number of amides is 2. The number of nitrogens with zero attached hydrogens (tertiary/aromatic N) is 1. The van der Waals surface area contributed by atoms with Gasteiger partial charge in [0.2, 0.25) is 5.91 Å². The number of nitrogens with one attached hydrogen (secondary N) is 3. The van der Waals surface area contributed by atoms with Crippen LogP contribution in [0.25, 0.3) is 10.2 Å². The van der Waals surface area contributed by atoms with Crippen LogP contribution in [0.1, 0.15) is 39.1 Å². The molecule has 0 aliphatic rings. The molecule has 0 radical (unpaired) electrons. The normalized spacial score (nSPS) is 10.9. The molecular formula is C21H24N4O3S2. The Morgan fingerprint density at radius 1 is 1.17 bits per heavy atom. The highest BCUT2D eigenvalue weighted by molar-refractivity contribution is 7.98. The molecule has 0 aliphatic heterocycles. The second kappa shape index (κ2) is 9.44. The first-order valence-electron chi connectivity index (χ1n) is 9.51. The second-order valence-electron chi connectivity index (χ2n) is 7.05. The van der Waals surface area contributed by atoms with E-state index in [-0.39, 0.29) is 17.4 Å². The first-order chi connectivity index (χ1) is 14.3. The van der Waals surface area contributed by atoms with Crippen molar-refractivity contribution in [1.82, 2.24) is 20.6 Å². The summed E-state index contributed by atoms with van der Waals surface area (Å²) in [5, 5.41) is 5.84. The fraction of sp³-hybridized carbons (Fsp3) is 0.333. The number of thioether (sulfide) groups is 1. The first-order valence-corrected chi connectivity index (χ1v) is 11.3. The van der Waals surface area contributed by atoms with Crippen LogP contribution in [0.4, 0.5) is 0 Å². The molecule has 3 rings (SSSR count). The van der Waals surface area contributed by atoms with E-state index in [1.165, 1.54) is 29.4 Å². The van der Waals surface area contributed by atoms with Crippen molar-refractivity contribution in [1.29, 1.82) is 0 Å². The Kier molecular flexibility index (Phi) is 6.94. The van der Waals surface area contributed by atoms with Crippen molar-refractivity contribution in [3.8, 4) is 0 Å². The van der Waals surface area contributed by atoms with E-state index in [0.717, 1.165) is 4.90 Å². The molecule has 0 bridgehead atoms. The summed E-state index contributed by atoms with van der Waals surface area (Å²) in [6.07, 6.45) is 0. The third kappa shape index (κ3) is 5.09. The van der Waals surface area contributed by atoms with Crippen LogP contribution in [-0.4, -0.2) is 34.9 Å². The number of hydrogen-bond donors (Lipinski definition) is 3. The lowest BCUT2D eigenvalue weighted by Gasteiger charge is -2.06. The summed E-state index contributed by atoms with van der Waals surface area (Å²) in [6.45, 7) is 7.94. The molecule has 7 nitrogen and oxygen atoms in total. The number of aromatic nitrogens is 2. The van der Waals surface area contributed by atoms with Crippen molar-refractivity contribution in [3.05, 3.63) is 55.9 Å². The third-order valence-corrected chi connectivity index (χ3v) is 6.90. The van der Waals surface area contributed by atoms with Gasteiger partial charge in [0.05, 0.1) is 16.0 Å². The highest BCUT2D eigenvalue weighted by atomic mass is 32.2. The van der Waals surface area contributed by atoms with Gasteiger partial charge < -0.3 is 15.6 Å². The predicted molar refractivity (Wildman–Crippen MR) is 121 cm³/mol. The summed E-state index contributed by atoms with van der Waals surface area (Å²) >= 11 is 2.84. The van der Waals surface area contributed by atoms with Crippen LogP contribution < -0.4 is 16.2 Å². The number of aryl methyl sites for hydroxylation is 3. The fourth-order valence-electron chi connectivity index (χ4n) is 2.98. The number of carbonyl (C=O) groups excluding carboxylic acids is 2. The van der Waals surface area contributed by atoms with E-state index in [0.29, 0.717) is 45.3 Å². The topological polar surface area (TPSA) is 104 Å². The average Bonchev–Trinajstić information content (AvgIpc) is 3.02. The molecule has 0 aliphatic carbocycles. The van der Waals surface area contributed by atoms with Gasteiger partial charge >= 0.3 is 0 Å². The maximum atomic E-state index is 12.6. The van der Waals surface area contributed by atoms with E-state index in [9.17, 15) is 14.4 Å². The largest absolute Gasteiger partial charge is 0.355 e. The number of thiophene rings is 1. The zero-order chi connectivity index (χ0) is 21.8. The zero-order valence-corrected chi connectivity index (χ0v) is 19.0. The van der Waals surface area contributed by atoms with Gasteiger partial charge in [-0.05, 0) is 38.0 Å². The third-order valence-electron chi connectivity index (χ3n) is 4.55. The molecule has 0 saturated heterocycles. The molecule has 0 atom stereocenters. The molecule has 3 aromatic rings. The van der Waals surface area contributed by atoms with Gasteiger partial charge in [-0.3, -0.25) is 14.4 Å².